The van der Waals surface area contributed by atoms with E-state index in [0.29, 0.717) is 10.2 Å². The molecule has 82 valence electrons. The summed E-state index contributed by atoms with van der Waals surface area (Å²) in [6, 6.07) is 4.50. The lowest BCUT2D eigenvalue weighted by molar-refractivity contribution is 0.0452. The fourth-order valence-electron chi connectivity index (χ4n) is 1.01. The minimum Gasteiger partial charge on any atom is -0.462 e. The van der Waals surface area contributed by atoms with Gasteiger partial charge in [-0.05, 0) is 40.6 Å². The maximum absolute atomic E-state index is 13.3. The minimum atomic E-state index is -0.591. The van der Waals surface area contributed by atoms with Crippen LogP contribution in [-0.2, 0) is 4.74 Å². The summed E-state index contributed by atoms with van der Waals surface area (Å²) in [5, 5.41) is 0. The van der Waals surface area contributed by atoms with Crippen LogP contribution in [0.4, 0.5) is 4.39 Å². The summed E-state index contributed by atoms with van der Waals surface area (Å²) in [4.78, 5) is 11.5. The van der Waals surface area contributed by atoms with E-state index in [4.69, 9.17) is 4.74 Å². The summed E-state index contributed by atoms with van der Waals surface area (Å²) in [5.41, 5.74) is 0.0266. The zero-order chi connectivity index (χ0) is 11.4. The van der Waals surface area contributed by atoms with Crippen molar-refractivity contribution in [3.63, 3.8) is 0 Å². The average molecular weight is 322 g/mol. The summed E-state index contributed by atoms with van der Waals surface area (Å²) in [6.07, 6.45) is 0. The Morgan fingerprint density at radius 3 is 2.73 bits per heavy atom. The van der Waals surface area contributed by atoms with Crippen LogP contribution in [0.2, 0.25) is 0 Å². The van der Waals surface area contributed by atoms with Crippen molar-refractivity contribution in [3.8, 4) is 0 Å². The number of esters is 1. The predicted octanol–water partition coefficient (Wildman–Crippen LogP) is 3.24. The third-order valence-corrected chi connectivity index (χ3v) is 2.61. The summed E-state index contributed by atoms with van der Waals surface area (Å²) >= 11 is 1.92. The highest BCUT2D eigenvalue weighted by molar-refractivity contribution is 14.1. The number of benzene rings is 1. The van der Waals surface area contributed by atoms with Crippen molar-refractivity contribution in [1.82, 2.24) is 0 Å². The minimum absolute atomic E-state index is 0.0266. The van der Waals surface area contributed by atoms with Gasteiger partial charge in [-0.3, -0.25) is 0 Å². The third kappa shape index (κ3) is 3.44. The molecule has 4 heteroatoms. The van der Waals surface area contributed by atoms with Crippen LogP contribution in [0.15, 0.2) is 18.2 Å². The Morgan fingerprint density at radius 1 is 1.53 bits per heavy atom. The summed E-state index contributed by atoms with van der Waals surface area (Å²) in [7, 11) is 0. The van der Waals surface area contributed by atoms with Crippen LogP contribution in [-0.4, -0.2) is 12.6 Å². The maximum Gasteiger partial charge on any atom is 0.342 e. The van der Waals surface area contributed by atoms with Crippen LogP contribution >= 0.6 is 22.6 Å². The Kier molecular flexibility index (Phi) is 4.50. The molecule has 0 aliphatic rings. The fourth-order valence-corrected chi connectivity index (χ4v) is 1.69. The summed E-state index contributed by atoms with van der Waals surface area (Å²) in [6.45, 7) is 4.17. The summed E-state index contributed by atoms with van der Waals surface area (Å²) in [5.74, 6) is -0.875. The van der Waals surface area contributed by atoms with Gasteiger partial charge in [-0.15, -0.1) is 0 Å². The first-order chi connectivity index (χ1) is 7.02. The molecule has 0 saturated carbocycles. The van der Waals surface area contributed by atoms with Crippen molar-refractivity contribution in [2.24, 2.45) is 5.92 Å². The van der Waals surface area contributed by atoms with Gasteiger partial charge in [0, 0.05) is 3.57 Å². The van der Waals surface area contributed by atoms with E-state index in [1.807, 2.05) is 36.4 Å². The second-order valence-electron chi connectivity index (χ2n) is 3.59. The third-order valence-electron chi connectivity index (χ3n) is 1.71. The smallest absolute Gasteiger partial charge is 0.342 e. The van der Waals surface area contributed by atoms with Gasteiger partial charge in [0.2, 0.25) is 0 Å². The van der Waals surface area contributed by atoms with Gasteiger partial charge in [0.1, 0.15) is 11.4 Å². The van der Waals surface area contributed by atoms with E-state index in [1.54, 1.807) is 12.1 Å². The molecule has 0 aliphatic heterocycles. The van der Waals surface area contributed by atoms with Gasteiger partial charge < -0.3 is 4.74 Å². The van der Waals surface area contributed by atoms with Crippen molar-refractivity contribution >= 4 is 28.6 Å². The molecule has 0 aliphatic carbocycles. The lowest BCUT2D eigenvalue weighted by Crippen LogP contribution is -2.13. The molecule has 1 rings (SSSR count). The number of halogens is 2. The fraction of sp³-hybridized carbons (Fsp3) is 0.364. The van der Waals surface area contributed by atoms with Gasteiger partial charge in [-0.2, -0.15) is 0 Å². The molecule has 0 bridgehead atoms. The van der Waals surface area contributed by atoms with Gasteiger partial charge in [0.05, 0.1) is 6.61 Å². The van der Waals surface area contributed by atoms with Crippen molar-refractivity contribution in [1.29, 1.82) is 0 Å². The number of ether oxygens (including phenoxy) is 1. The van der Waals surface area contributed by atoms with E-state index in [1.165, 1.54) is 6.07 Å². The van der Waals surface area contributed by atoms with Crippen LogP contribution in [0, 0.1) is 15.3 Å². The van der Waals surface area contributed by atoms with Crippen molar-refractivity contribution in [2.75, 3.05) is 6.61 Å². The topological polar surface area (TPSA) is 26.3 Å². The van der Waals surface area contributed by atoms with E-state index in [0.717, 1.165) is 0 Å². The van der Waals surface area contributed by atoms with Crippen molar-refractivity contribution in [3.05, 3.63) is 33.1 Å². The molecule has 0 saturated heterocycles. The normalized spacial score (nSPS) is 10.5. The van der Waals surface area contributed by atoms with E-state index >= 15 is 0 Å². The molecule has 0 aromatic heterocycles. The zero-order valence-corrected chi connectivity index (χ0v) is 10.7. The van der Waals surface area contributed by atoms with Gasteiger partial charge in [-0.25, -0.2) is 9.18 Å². The Morgan fingerprint density at radius 2 is 2.20 bits per heavy atom. The van der Waals surface area contributed by atoms with Gasteiger partial charge in [-0.1, -0.05) is 19.9 Å². The van der Waals surface area contributed by atoms with Gasteiger partial charge in [0.25, 0.3) is 0 Å². The van der Waals surface area contributed by atoms with E-state index in [-0.39, 0.29) is 11.5 Å². The molecule has 0 radical (unpaired) electrons. The largest absolute Gasteiger partial charge is 0.462 e. The second-order valence-corrected chi connectivity index (χ2v) is 4.75. The van der Waals surface area contributed by atoms with Crippen LogP contribution in [0.1, 0.15) is 24.2 Å². The number of hydrogen-bond acceptors (Lipinski definition) is 2. The Labute approximate surface area is 102 Å². The number of carbonyl (C=O) groups is 1. The van der Waals surface area contributed by atoms with Gasteiger partial charge in [0.15, 0.2) is 0 Å². The molecule has 0 atom stereocenters. The molecule has 2 nitrogen and oxygen atoms in total. The lowest BCUT2D eigenvalue weighted by Gasteiger charge is -2.08. The lowest BCUT2D eigenvalue weighted by atomic mass is 10.2. The molecule has 0 unspecified atom stereocenters. The zero-order valence-electron chi connectivity index (χ0n) is 8.59. The molecular formula is C11H12FIO2. The molecule has 0 heterocycles. The first-order valence-corrected chi connectivity index (χ1v) is 5.71. The maximum atomic E-state index is 13.3. The second kappa shape index (κ2) is 5.44. The highest BCUT2D eigenvalue weighted by Gasteiger charge is 2.16. The van der Waals surface area contributed by atoms with E-state index in [9.17, 15) is 9.18 Å². The molecule has 0 fully saturated rings. The number of carbonyl (C=O) groups excluding carboxylic acids is 1. The standard InChI is InChI=1S/C11H12FIO2/c1-7(2)6-15-11(14)10-8(12)4-3-5-9(10)13/h3-5,7H,6H2,1-2H3. The molecule has 15 heavy (non-hydrogen) atoms. The van der Waals surface area contributed by atoms with E-state index < -0.39 is 11.8 Å². The number of rotatable bonds is 3. The van der Waals surface area contributed by atoms with Crippen LogP contribution in [0.5, 0.6) is 0 Å². The summed E-state index contributed by atoms with van der Waals surface area (Å²) < 4.78 is 18.9. The monoisotopic (exact) mass is 322 g/mol. The van der Waals surface area contributed by atoms with Gasteiger partial charge >= 0.3 is 5.97 Å². The highest BCUT2D eigenvalue weighted by Crippen LogP contribution is 2.17. The highest BCUT2D eigenvalue weighted by atomic mass is 127. The van der Waals surface area contributed by atoms with Crippen LogP contribution in [0.3, 0.4) is 0 Å². The Hall–Kier alpha value is -0.650. The molecule has 0 amide bonds. The van der Waals surface area contributed by atoms with Crippen LogP contribution < -0.4 is 0 Å². The number of hydrogen-bond donors (Lipinski definition) is 0. The van der Waals surface area contributed by atoms with Crippen LogP contribution in [0.25, 0.3) is 0 Å². The first-order valence-electron chi connectivity index (χ1n) is 4.63. The predicted molar refractivity (Wildman–Crippen MR) is 64.2 cm³/mol. The average Bonchev–Trinajstić information content (AvgIpc) is 2.14. The molecular weight excluding hydrogens is 310 g/mol. The van der Waals surface area contributed by atoms with E-state index in [2.05, 4.69) is 0 Å². The molecule has 0 spiro atoms. The quantitative estimate of drug-likeness (QED) is 0.631. The first kappa shape index (κ1) is 12.4. The Bertz CT molecular complexity index is 343. The van der Waals surface area contributed by atoms with Crippen molar-refractivity contribution in [2.45, 2.75) is 13.8 Å². The SMILES string of the molecule is CC(C)COC(=O)c1c(F)cccc1I. The Balaban J connectivity index is 2.82. The molecule has 1 aromatic rings. The molecule has 1 aromatic carbocycles. The molecule has 0 N–H and O–H groups in total. The van der Waals surface area contributed by atoms with Crippen molar-refractivity contribution < 1.29 is 13.9 Å².